The van der Waals surface area contributed by atoms with Gasteiger partial charge in [0.05, 0.1) is 0 Å². The largest absolute Gasteiger partial charge is 0.310 e. The second-order valence-electron chi connectivity index (χ2n) is 4.63. The monoisotopic (exact) mass is 225 g/mol. The molecule has 0 aliphatic heterocycles. The molecular weight excluding hydrogens is 208 g/mol. The van der Waals surface area contributed by atoms with Crippen LogP contribution in [-0.2, 0) is 0 Å². The topological polar surface area (TPSA) is 12.0 Å². The summed E-state index contributed by atoms with van der Waals surface area (Å²) >= 11 is 0. The quantitative estimate of drug-likeness (QED) is 0.828. The van der Waals surface area contributed by atoms with Crippen molar-refractivity contribution in [2.45, 2.75) is 32.2 Å². The summed E-state index contributed by atoms with van der Waals surface area (Å²) in [6, 6.07) is 3.69. The molecule has 1 aromatic rings. The first-order valence-corrected chi connectivity index (χ1v) is 5.84. The maximum absolute atomic E-state index is 13.0. The fourth-order valence-electron chi connectivity index (χ4n) is 1.98. The molecule has 1 aliphatic carbocycles. The Morgan fingerprint density at radius 1 is 1.25 bits per heavy atom. The van der Waals surface area contributed by atoms with Gasteiger partial charge < -0.3 is 5.32 Å². The molecule has 2 rings (SSSR count). The van der Waals surface area contributed by atoms with Crippen LogP contribution in [0, 0.1) is 17.6 Å². The minimum atomic E-state index is -0.507. The number of hydrogen-bond donors (Lipinski definition) is 1. The summed E-state index contributed by atoms with van der Waals surface area (Å²) in [4.78, 5) is 0. The van der Waals surface area contributed by atoms with E-state index in [9.17, 15) is 8.78 Å². The molecule has 0 saturated heterocycles. The Morgan fingerprint density at radius 3 is 2.38 bits per heavy atom. The first-order chi connectivity index (χ1) is 7.65. The molecule has 0 heterocycles. The Balaban J connectivity index is 1.93. The van der Waals surface area contributed by atoms with E-state index in [1.165, 1.54) is 31.4 Å². The molecule has 0 aromatic heterocycles. The zero-order valence-corrected chi connectivity index (χ0v) is 9.47. The van der Waals surface area contributed by atoms with Crippen LogP contribution in [0.1, 0.15) is 37.8 Å². The van der Waals surface area contributed by atoms with Crippen LogP contribution in [0.15, 0.2) is 18.2 Å². The van der Waals surface area contributed by atoms with Crippen LogP contribution in [0.4, 0.5) is 8.78 Å². The molecule has 88 valence electrons. The van der Waals surface area contributed by atoms with Crippen LogP contribution in [0.5, 0.6) is 0 Å². The van der Waals surface area contributed by atoms with Gasteiger partial charge in [-0.2, -0.15) is 0 Å². The zero-order chi connectivity index (χ0) is 11.5. The van der Waals surface area contributed by atoms with Gasteiger partial charge in [0, 0.05) is 12.1 Å². The van der Waals surface area contributed by atoms with E-state index in [2.05, 4.69) is 5.32 Å². The molecule has 1 N–H and O–H groups in total. The average molecular weight is 225 g/mol. The van der Waals surface area contributed by atoms with Gasteiger partial charge >= 0.3 is 0 Å². The normalized spacial score (nSPS) is 18.2. The van der Waals surface area contributed by atoms with Gasteiger partial charge in [0.15, 0.2) is 0 Å². The predicted octanol–water partition coefficient (Wildman–Crippen LogP) is 3.42. The van der Waals surface area contributed by atoms with Crippen molar-refractivity contribution in [3.05, 3.63) is 35.4 Å². The second-order valence-corrected chi connectivity index (χ2v) is 4.63. The van der Waals surface area contributed by atoms with Gasteiger partial charge in [-0.1, -0.05) is 6.42 Å². The van der Waals surface area contributed by atoms with E-state index in [1.807, 2.05) is 6.92 Å². The lowest BCUT2D eigenvalue weighted by atomic mass is 9.85. The third kappa shape index (κ3) is 2.79. The van der Waals surface area contributed by atoms with E-state index in [1.54, 1.807) is 0 Å². The van der Waals surface area contributed by atoms with E-state index in [0.29, 0.717) is 5.56 Å². The Morgan fingerprint density at radius 2 is 1.88 bits per heavy atom. The molecule has 1 unspecified atom stereocenters. The summed E-state index contributed by atoms with van der Waals surface area (Å²) in [5.41, 5.74) is 0.678. The van der Waals surface area contributed by atoms with Crippen molar-refractivity contribution in [3.8, 4) is 0 Å². The predicted molar refractivity (Wildman–Crippen MR) is 60.1 cm³/mol. The van der Waals surface area contributed by atoms with Crippen molar-refractivity contribution in [2.24, 2.45) is 5.92 Å². The van der Waals surface area contributed by atoms with E-state index in [4.69, 9.17) is 0 Å². The summed E-state index contributed by atoms with van der Waals surface area (Å²) in [5, 5.41) is 3.32. The first-order valence-electron chi connectivity index (χ1n) is 5.84. The molecular formula is C13H17F2N. The Hall–Kier alpha value is -0.960. The first kappa shape index (κ1) is 11.5. The summed E-state index contributed by atoms with van der Waals surface area (Å²) in [7, 11) is 0. The van der Waals surface area contributed by atoms with Crippen molar-refractivity contribution >= 4 is 0 Å². The lowest BCUT2D eigenvalue weighted by molar-refractivity contribution is 0.292. The summed E-state index contributed by atoms with van der Waals surface area (Å²) < 4.78 is 26.0. The summed E-state index contributed by atoms with van der Waals surface area (Å²) in [6.07, 6.45) is 3.86. The van der Waals surface area contributed by atoms with Gasteiger partial charge in [0.25, 0.3) is 0 Å². The molecule has 1 aliphatic rings. The van der Waals surface area contributed by atoms with E-state index < -0.39 is 11.6 Å². The Kier molecular flexibility index (Phi) is 3.54. The van der Waals surface area contributed by atoms with E-state index in [0.717, 1.165) is 18.5 Å². The zero-order valence-electron chi connectivity index (χ0n) is 9.47. The van der Waals surface area contributed by atoms with Gasteiger partial charge in [0.2, 0.25) is 0 Å². The van der Waals surface area contributed by atoms with Gasteiger partial charge in [-0.15, -0.1) is 0 Å². The number of nitrogens with one attached hydrogen (secondary N) is 1. The minimum Gasteiger partial charge on any atom is -0.310 e. The smallest absolute Gasteiger partial charge is 0.126 e. The molecule has 1 nitrogen and oxygen atoms in total. The summed E-state index contributed by atoms with van der Waals surface area (Å²) in [5.74, 6) is -0.263. The molecule has 0 amide bonds. The molecule has 1 atom stereocenters. The highest BCUT2D eigenvalue weighted by atomic mass is 19.1. The summed E-state index contributed by atoms with van der Waals surface area (Å²) in [6.45, 7) is 2.88. The number of halogens is 2. The highest BCUT2D eigenvalue weighted by Crippen LogP contribution is 2.26. The van der Waals surface area contributed by atoms with Gasteiger partial charge in [0.1, 0.15) is 11.6 Å². The van der Waals surface area contributed by atoms with E-state index >= 15 is 0 Å². The lowest BCUT2D eigenvalue weighted by Crippen LogP contribution is -2.29. The van der Waals surface area contributed by atoms with Crippen LogP contribution in [-0.4, -0.2) is 6.54 Å². The maximum Gasteiger partial charge on any atom is 0.126 e. The van der Waals surface area contributed by atoms with Gasteiger partial charge in [-0.25, -0.2) is 8.78 Å². The third-order valence-corrected chi connectivity index (χ3v) is 3.32. The van der Waals surface area contributed by atoms with Gasteiger partial charge in [-0.05, 0) is 49.9 Å². The molecule has 0 bridgehead atoms. The molecule has 3 heteroatoms. The molecule has 0 spiro atoms. The lowest BCUT2D eigenvalue weighted by Gasteiger charge is -2.27. The van der Waals surface area contributed by atoms with Crippen LogP contribution >= 0.6 is 0 Å². The highest BCUT2D eigenvalue weighted by molar-refractivity contribution is 5.20. The van der Waals surface area contributed by atoms with Crippen molar-refractivity contribution < 1.29 is 8.78 Å². The van der Waals surface area contributed by atoms with E-state index in [-0.39, 0.29) is 6.04 Å². The second kappa shape index (κ2) is 4.91. The SMILES string of the molecule is CC(NCC1CCC1)c1cc(F)cc(F)c1. The van der Waals surface area contributed by atoms with Crippen LogP contribution in [0.25, 0.3) is 0 Å². The molecule has 0 radical (unpaired) electrons. The standard InChI is InChI=1S/C13H17F2N/c1-9(16-8-10-3-2-4-10)11-5-12(14)7-13(15)6-11/h5-7,9-10,16H,2-4,8H2,1H3. The minimum absolute atomic E-state index is 0.00537. The number of hydrogen-bond acceptors (Lipinski definition) is 1. The van der Waals surface area contributed by atoms with Crippen LogP contribution in [0.2, 0.25) is 0 Å². The number of rotatable bonds is 4. The third-order valence-electron chi connectivity index (χ3n) is 3.32. The Bertz CT molecular complexity index is 341. The van der Waals surface area contributed by atoms with Gasteiger partial charge in [-0.3, -0.25) is 0 Å². The van der Waals surface area contributed by atoms with Crippen LogP contribution < -0.4 is 5.32 Å². The average Bonchev–Trinajstić information content (AvgIpc) is 2.13. The molecule has 1 fully saturated rings. The molecule has 16 heavy (non-hydrogen) atoms. The Labute approximate surface area is 94.9 Å². The molecule has 1 saturated carbocycles. The molecule has 1 aromatic carbocycles. The fraction of sp³-hybridized carbons (Fsp3) is 0.538. The number of benzene rings is 1. The maximum atomic E-state index is 13.0. The fourth-order valence-corrected chi connectivity index (χ4v) is 1.98. The van der Waals surface area contributed by atoms with Crippen LogP contribution in [0.3, 0.4) is 0 Å². The van der Waals surface area contributed by atoms with Crippen molar-refractivity contribution in [1.29, 1.82) is 0 Å². The highest BCUT2D eigenvalue weighted by Gasteiger charge is 2.18. The van der Waals surface area contributed by atoms with Crippen molar-refractivity contribution in [1.82, 2.24) is 5.32 Å². The van der Waals surface area contributed by atoms with Crippen molar-refractivity contribution in [2.75, 3.05) is 6.54 Å². The van der Waals surface area contributed by atoms with Crippen molar-refractivity contribution in [3.63, 3.8) is 0 Å².